The maximum Gasteiger partial charge on any atom is 0.100 e. The van der Waals surface area contributed by atoms with Crippen LogP contribution in [-0.2, 0) is 10.2 Å². The maximum atomic E-state index is 10.0. The summed E-state index contributed by atoms with van der Waals surface area (Å²) in [5.41, 5.74) is 3.58. The van der Waals surface area contributed by atoms with E-state index in [0.717, 1.165) is 27.1 Å². The van der Waals surface area contributed by atoms with Crippen LogP contribution >= 0.6 is 33.9 Å². The summed E-state index contributed by atoms with van der Waals surface area (Å²) < 4.78 is 1.01. The van der Waals surface area contributed by atoms with Gasteiger partial charge in [0.25, 0.3) is 0 Å². The van der Waals surface area contributed by atoms with E-state index in [1.54, 1.807) is 0 Å². The van der Waals surface area contributed by atoms with Gasteiger partial charge in [0, 0.05) is 15.7 Å². The predicted octanol–water partition coefficient (Wildman–Crippen LogP) is 4.32. The molecule has 94 valence electrons. The quantitative estimate of drug-likeness (QED) is 0.355. The number of benzene rings is 2. The van der Waals surface area contributed by atoms with Crippen LogP contribution in [0.4, 0.5) is 0 Å². The molecule has 0 radical (unpaired) electrons. The maximum absolute atomic E-state index is 10.0. The van der Waals surface area contributed by atoms with Crippen LogP contribution in [0.5, 0.6) is 0 Å². The SMILES string of the molecule is OC(=[SH]Cc1ccccc1CI)c1ccccc1. The van der Waals surface area contributed by atoms with Crippen LogP contribution in [0.1, 0.15) is 16.7 Å². The highest BCUT2D eigenvalue weighted by Crippen LogP contribution is 2.17. The first-order valence-electron chi connectivity index (χ1n) is 5.73. The third-order valence-electron chi connectivity index (χ3n) is 2.69. The number of rotatable bonds is 4. The third-order valence-corrected chi connectivity index (χ3v) is 4.57. The number of halogens is 1. The second-order valence-corrected chi connectivity index (χ2v) is 5.73. The molecule has 0 amide bonds. The van der Waals surface area contributed by atoms with E-state index in [1.165, 1.54) is 11.1 Å². The first-order chi connectivity index (χ1) is 8.81. The van der Waals surface area contributed by atoms with Crippen molar-refractivity contribution >= 4 is 39.0 Å². The molecule has 0 aliphatic rings. The Labute approximate surface area is 125 Å². The number of aliphatic hydroxyl groups excluding tert-OH is 1. The zero-order valence-electron chi connectivity index (χ0n) is 9.88. The summed E-state index contributed by atoms with van der Waals surface area (Å²) in [6, 6.07) is 18.1. The van der Waals surface area contributed by atoms with Gasteiger partial charge in [0.15, 0.2) is 0 Å². The summed E-state index contributed by atoms with van der Waals surface area (Å²) in [6.07, 6.45) is 0. The molecule has 0 unspecified atom stereocenters. The summed E-state index contributed by atoms with van der Waals surface area (Å²) in [5.74, 6) is 0.861. The Morgan fingerprint density at radius 2 is 1.56 bits per heavy atom. The van der Waals surface area contributed by atoms with Gasteiger partial charge in [-0.05, 0) is 11.1 Å². The zero-order chi connectivity index (χ0) is 12.8. The van der Waals surface area contributed by atoms with Crippen molar-refractivity contribution in [1.82, 2.24) is 0 Å². The normalized spacial score (nSPS) is 12.0. The van der Waals surface area contributed by atoms with E-state index in [1.807, 2.05) is 30.3 Å². The van der Waals surface area contributed by atoms with E-state index in [2.05, 4.69) is 46.9 Å². The molecular weight excluding hydrogens is 355 g/mol. The van der Waals surface area contributed by atoms with Gasteiger partial charge in [0.05, 0.1) is 0 Å². The molecule has 0 heterocycles. The van der Waals surface area contributed by atoms with E-state index in [0.29, 0.717) is 5.05 Å². The molecular formula is C15H15IOS. The summed E-state index contributed by atoms with van der Waals surface area (Å²) >= 11 is 3.33. The number of thiol groups is 1. The minimum Gasteiger partial charge on any atom is -0.355 e. The number of hydrogen-bond acceptors (Lipinski definition) is 0. The monoisotopic (exact) mass is 370 g/mol. The fourth-order valence-corrected chi connectivity index (χ4v) is 3.39. The highest BCUT2D eigenvalue weighted by molar-refractivity contribution is 14.1. The topological polar surface area (TPSA) is 20.2 Å². The van der Waals surface area contributed by atoms with Gasteiger partial charge in [-0.1, -0.05) is 77.2 Å². The van der Waals surface area contributed by atoms with Gasteiger partial charge in [0.1, 0.15) is 5.05 Å². The first-order valence-corrected chi connectivity index (χ1v) is 8.33. The second kappa shape index (κ2) is 7.07. The second-order valence-electron chi connectivity index (χ2n) is 3.91. The highest BCUT2D eigenvalue weighted by Gasteiger charge is 2.00. The molecule has 3 heteroatoms. The summed E-state index contributed by atoms with van der Waals surface area (Å²) in [7, 11) is 0. The van der Waals surface area contributed by atoms with Gasteiger partial charge in [-0.15, -0.1) is 0 Å². The largest absolute Gasteiger partial charge is 0.355 e. The highest BCUT2D eigenvalue weighted by atomic mass is 127. The van der Waals surface area contributed by atoms with Gasteiger partial charge in [-0.3, -0.25) is 0 Å². The minimum absolute atomic E-state index is 0.443. The van der Waals surface area contributed by atoms with Gasteiger partial charge in [-0.2, -0.15) is 11.4 Å². The molecule has 2 aromatic rings. The molecule has 0 saturated carbocycles. The Hall–Kier alpha value is -0.650. The molecule has 18 heavy (non-hydrogen) atoms. The lowest BCUT2D eigenvalue weighted by Gasteiger charge is -2.05. The molecule has 0 saturated heterocycles. The van der Waals surface area contributed by atoms with Gasteiger partial charge < -0.3 is 5.11 Å². The zero-order valence-corrected chi connectivity index (χ0v) is 12.9. The van der Waals surface area contributed by atoms with Crippen molar-refractivity contribution in [2.24, 2.45) is 0 Å². The van der Waals surface area contributed by atoms with Crippen LogP contribution < -0.4 is 0 Å². The molecule has 0 aliphatic heterocycles. The Morgan fingerprint density at radius 1 is 0.944 bits per heavy atom. The lowest BCUT2D eigenvalue weighted by molar-refractivity contribution is 0.570. The fourth-order valence-electron chi connectivity index (χ4n) is 1.68. The van der Waals surface area contributed by atoms with Crippen molar-refractivity contribution in [1.29, 1.82) is 0 Å². The molecule has 0 spiro atoms. The number of aliphatic hydroxyl groups is 1. The van der Waals surface area contributed by atoms with Crippen LogP contribution in [-0.4, -0.2) is 10.2 Å². The van der Waals surface area contributed by atoms with E-state index in [9.17, 15) is 5.11 Å². The van der Waals surface area contributed by atoms with Crippen molar-refractivity contribution < 1.29 is 5.11 Å². The Morgan fingerprint density at radius 3 is 2.22 bits per heavy atom. The molecule has 0 atom stereocenters. The molecule has 2 rings (SSSR count). The van der Waals surface area contributed by atoms with Crippen LogP contribution in [0.2, 0.25) is 0 Å². The smallest absolute Gasteiger partial charge is 0.100 e. The lowest BCUT2D eigenvalue weighted by atomic mass is 10.1. The molecule has 0 fully saturated rings. The lowest BCUT2D eigenvalue weighted by Crippen LogP contribution is -1.96. The molecule has 2 aromatic carbocycles. The molecule has 0 bridgehead atoms. The van der Waals surface area contributed by atoms with Crippen LogP contribution in [0.25, 0.3) is 0 Å². The van der Waals surface area contributed by atoms with E-state index in [4.69, 9.17) is 0 Å². The van der Waals surface area contributed by atoms with E-state index in [-0.39, 0.29) is 0 Å². The average Bonchev–Trinajstić information content (AvgIpc) is 2.46. The van der Waals surface area contributed by atoms with Crippen molar-refractivity contribution in [2.45, 2.75) is 10.2 Å². The van der Waals surface area contributed by atoms with Crippen molar-refractivity contribution in [3.05, 3.63) is 71.3 Å². The number of alkyl halides is 1. The Bertz CT molecular complexity index is 537. The summed E-state index contributed by atoms with van der Waals surface area (Å²) in [5, 5.41) is 10.5. The van der Waals surface area contributed by atoms with Crippen LogP contribution in [0.15, 0.2) is 54.6 Å². The molecule has 1 nitrogen and oxygen atoms in total. The minimum atomic E-state index is 0.443. The molecule has 0 aliphatic carbocycles. The standard InChI is InChI=1S/C15H15IOS/c16-10-13-8-4-5-9-14(13)11-18-15(17)12-6-2-1-3-7-12/h1-9,17-18H,10-11H2. The van der Waals surface area contributed by atoms with Gasteiger partial charge in [0.2, 0.25) is 0 Å². The Balaban J connectivity index is 2.15. The van der Waals surface area contributed by atoms with Crippen molar-refractivity contribution in [2.75, 3.05) is 0 Å². The van der Waals surface area contributed by atoms with Gasteiger partial charge >= 0.3 is 0 Å². The van der Waals surface area contributed by atoms with Crippen molar-refractivity contribution in [3.63, 3.8) is 0 Å². The average molecular weight is 370 g/mol. The van der Waals surface area contributed by atoms with Crippen molar-refractivity contribution in [3.8, 4) is 0 Å². The third kappa shape index (κ3) is 3.67. The van der Waals surface area contributed by atoms with Gasteiger partial charge in [-0.25, -0.2) is 0 Å². The van der Waals surface area contributed by atoms with Crippen LogP contribution in [0.3, 0.4) is 0 Å². The first kappa shape index (κ1) is 13.8. The summed E-state index contributed by atoms with van der Waals surface area (Å²) in [6.45, 7) is 0. The van der Waals surface area contributed by atoms with E-state index < -0.39 is 0 Å². The summed E-state index contributed by atoms with van der Waals surface area (Å²) in [4.78, 5) is 0. The fraction of sp³-hybridized carbons (Fsp3) is 0.133. The van der Waals surface area contributed by atoms with Crippen LogP contribution in [0, 0.1) is 0 Å². The molecule has 0 aromatic heterocycles. The Kier molecular flexibility index (Phi) is 5.41. The predicted molar refractivity (Wildman–Crippen MR) is 90.0 cm³/mol. The molecule has 1 N–H and O–H groups in total. The number of hydrogen-bond donors (Lipinski definition) is 2. The van der Waals surface area contributed by atoms with E-state index >= 15 is 0 Å².